The molecule has 338 valence electrons. The Kier molecular flexibility index (Phi) is 20.7. The molecule has 0 spiro atoms. The van der Waals surface area contributed by atoms with Gasteiger partial charge in [-0.25, -0.2) is 4.79 Å². The minimum absolute atomic E-state index is 0.0911. The maximum absolute atomic E-state index is 11.3. The monoisotopic (exact) mass is 866 g/mol. The van der Waals surface area contributed by atoms with Crippen molar-refractivity contribution in [1.29, 1.82) is 10.5 Å². The van der Waals surface area contributed by atoms with Gasteiger partial charge < -0.3 is 29.2 Å². The predicted octanol–water partition coefficient (Wildman–Crippen LogP) is 12.9. The highest BCUT2D eigenvalue weighted by Crippen LogP contribution is 2.40. The molecule has 5 aromatic rings. The number of carbonyl (C=O) groups excluding carboxylic acids is 1. The minimum atomic E-state index is -0.395. The van der Waals surface area contributed by atoms with E-state index in [2.05, 4.69) is 92.2 Å². The number of hydrogen-bond donors (Lipinski definition) is 2. The van der Waals surface area contributed by atoms with Gasteiger partial charge in [-0.15, -0.1) is 0 Å². The Hall–Kier alpha value is -6.29. The minimum Gasteiger partial charge on any atom is -0.508 e. The van der Waals surface area contributed by atoms with Crippen LogP contribution in [0.15, 0.2) is 127 Å². The van der Waals surface area contributed by atoms with E-state index in [9.17, 15) is 25.5 Å². The van der Waals surface area contributed by atoms with E-state index in [1.165, 1.54) is 29.4 Å². The van der Waals surface area contributed by atoms with E-state index in [-0.39, 0.29) is 42.3 Å². The van der Waals surface area contributed by atoms with Crippen molar-refractivity contribution in [3.8, 4) is 35.1 Å². The number of esters is 1. The third kappa shape index (κ3) is 16.1. The SMILES string of the molecule is CCC(CC(CC(C)c1ccc(OCC(=O)OC)cc1)c1ccc(O)cc1)c1ccccc1.CCOC(C)Oc1ccc(C(C)CC(CC(C#N)C(C)C#N)c2ccc(O)cc2)cc1. The number of nitriles is 2. The van der Waals surface area contributed by atoms with Crippen molar-refractivity contribution in [2.75, 3.05) is 20.3 Å². The Bertz CT molecular complexity index is 2180. The molecule has 8 atom stereocenters. The van der Waals surface area contributed by atoms with Crippen LogP contribution < -0.4 is 9.47 Å². The molecule has 0 aromatic heterocycles. The largest absolute Gasteiger partial charge is 0.508 e. The number of phenols is 2. The van der Waals surface area contributed by atoms with Crippen molar-refractivity contribution in [3.63, 3.8) is 0 Å². The van der Waals surface area contributed by atoms with Gasteiger partial charge in [0.15, 0.2) is 12.9 Å². The lowest BCUT2D eigenvalue weighted by Crippen LogP contribution is -2.16. The van der Waals surface area contributed by atoms with E-state index in [0.717, 1.165) is 37.0 Å². The van der Waals surface area contributed by atoms with Crippen molar-refractivity contribution < 1.29 is 34.0 Å². The van der Waals surface area contributed by atoms with Crippen LogP contribution in [0.1, 0.15) is 131 Å². The Morgan fingerprint density at radius 1 is 0.578 bits per heavy atom. The molecule has 0 radical (unpaired) electrons. The molecule has 9 heteroatoms. The second kappa shape index (κ2) is 26.4. The molecule has 5 rings (SSSR count). The van der Waals surface area contributed by atoms with E-state index >= 15 is 0 Å². The first-order valence-corrected chi connectivity index (χ1v) is 22.5. The molecule has 2 N–H and O–H groups in total. The number of carbonyl (C=O) groups is 1. The van der Waals surface area contributed by atoms with E-state index in [0.29, 0.717) is 42.3 Å². The molecule has 0 saturated carbocycles. The van der Waals surface area contributed by atoms with Gasteiger partial charge in [0, 0.05) is 6.61 Å². The van der Waals surface area contributed by atoms with Gasteiger partial charge in [-0.2, -0.15) is 10.5 Å². The van der Waals surface area contributed by atoms with E-state index in [4.69, 9.17) is 14.2 Å². The lowest BCUT2D eigenvalue weighted by molar-refractivity contribution is -0.142. The third-order valence-corrected chi connectivity index (χ3v) is 12.0. The average molecular weight is 867 g/mol. The van der Waals surface area contributed by atoms with Gasteiger partial charge in [0.1, 0.15) is 23.0 Å². The van der Waals surface area contributed by atoms with Crippen LogP contribution in [0.5, 0.6) is 23.0 Å². The molecule has 0 heterocycles. The fourth-order valence-corrected chi connectivity index (χ4v) is 8.16. The summed E-state index contributed by atoms with van der Waals surface area (Å²) >= 11 is 0. The fourth-order valence-electron chi connectivity index (χ4n) is 8.16. The molecule has 5 aromatic carbocycles. The quantitative estimate of drug-likeness (QED) is 0.0513. The maximum atomic E-state index is 11.3. The van der Waals surface area contributed by atoms with Crippen LogP contribution in [-0.4, -0.2) is 42.8 Å². The molecule has 0 amide bonds. The number of aromatic hydroxyl groups is 2. The number of ether oxygens (including phenoxy) is 4. The van der Waals surface area contributed by atoms with E-state index in [1.807, 2.05) is 62.4 Å². The Labute approximate surface area is 381 Å². The second-order valence-electron chi connectivity index (χ2n) is 16.6. The summed E-state index contributed by atoms with van der Waals surface area (Å²) in [5.41, 5.74) is 6.12. The summed E-state index contributed by atoms with van der Waals surface area (Å²) < 4.78 is 21.3. The molecule has 0 bridgehead atoms. The van der Waals surface area contributed by atoms with Crippen molar-refractivity contribution >= 4 is 5.97 Å². The normalized spacial score (nSPS) is 14.6. The summed E-state index contributed by atoms with van der Waals surface area (Å²) in [5.74, 6) is 2.39. The van der Waals surface area contributed by atoms with Crippen molar-refractivity contribution in [1.82, 2.24) is 0 Å². The molecule has 0 aliphatic carbocycles. The zero-order valence-corrected chi connectivity index (χ0v) is 38.5. The molecule has 0 saturated heterocycles. The number of rotatable bonds is 22. The summed E-state index contributed by atoms with van der Waals surface area (Å²) in [6.07, 6.45) is 4.27. The number of benzene rings is 5. The molecule has 9 nitrogen and oxygen atoms in total. The van der Waals surface area contributed by atoms with Crippen molar-refractivity contribution in [2.45, 2.75) is 110 Å². The van der Waals surface area contributed by atoms with Crippen molar-refractivity contribution in [3.05, 3.63) is 155 Å². The maximum Gasteiger partial charge on any atom is 0.343 e. The standard InChI is InChI=1S/C29H34O4.C26H32N2O3/c1-4-22(24-8-6-5-7-9-24)19-26(25-10-14-27(30)15-11-25)18-21(2)23-12-16-28(17-13-23)33-20-29(31)32-3;1-5-30-20(4)31-26-12-8-21(9-13-26)18(2)14-23(15-24(17-28)19(3)16-27)22-6-10-25(29)11-7-22/h5-17,21-22,26,30H,4,18-20H2,1-3H3;6-13,18-20,23-24,29H,5,14-15H2,1-4H3. The van der Waals surface area contributed by atoms with Crippen LogP contribution in [0.4, 0.5) is 0 Å². The van der Waals surface area contributed by atoms with Gasteiger partial charge in [-0.05, 0) is 159 Å². The number of hydrogen-bond acceptors (Lipinski definition) is 9. The van der Waals surface area contributed by atoms with E-state index < -0.39 is 5.97 Å². The lowest BCUT2D eigenvalue weighted by atomic mass is 9.78. The van der Waals surface area contributed by atoms with Gasteiger partial charge in [0.25, 0.3) is 0 Å². The molecular formula is C55H66N2O7. The fraction of sp³-hybridized carbons (Fsp3) is 0.400. The number of nitrogens with zero attached hydrogens (tertiary/aromatic N) is 2. The van der Waals surface area contributed by atoms with Gasteiger partial charge >= 0.3 is 5.97 Å². The van der Waals surface area contributed by atoms with Crippen molar-refractivity contribution in [2.24, 2.45) is 11.8 Å². The summed E-state index contributed by atoms with van der Waals surface area (Å²) in [6, 6.07) is 46.1. The van der Waals surface area contributed by atoms with Crippen LogP contribution in [0, 0.1) is 34.5 Å². The van der Waals surface area contributed by atoms with Gasteiger partial charge in [0.2, 0.25) is 0 Å². The van der Waals surface area contributed by atoms with Crippen LogP contribution in [-0.2, 0) is 14.3 Å². The average Bonchev–Trinajstić information content (AvgIpc) is 3.32. The lowest BCUT2D eigenvalue weighted by Gasteiger charge is -2.26. The van der Waals surface area contributed by atoms with Crippen LogP contribution in [0.3, 0.4) is 0 Å². The zero-order valence-electron chi connectivity index (χ0n) is 38.5. The molecule has 0 aliphatic heterocycles. The van der Waals surface area contributed by atoms with E-state index in [1.54, 1.807) is 31.2 Å². The summed E-state index contributed by atoms with van der Waals surface area (Å²) in [7, 11) is 1.35. The molecular weight excluding hydrogens is 801 g/mol. The first kappa shape index (κ1) is 50.4. The smallest absolute Gasteiger partial charge is 0.343 e. The summed E-state index contributed by atoms with van der Waals surface area (Å²) in [5, 5.41) is 38.3. The van der Waals surface area contributed by atoms with Crippen LogP contribution in [0.25, 0.3) is 0 Å². The zero-order chi connectivity index (χ0) is 46.4. The Balaban J connectivity index is 0.000000281. The highest BCUT2D eigenvalue weighted by Gasteiger charge is 2.26. The molecule has 64 heavy (non-hydrogen) atoms. The highest BCUT2D eigenvalue weighted by atomic mass is 16.7. The molecule has 0 fully saturated rings. The van der Waals surface area contributed by atoms with Crippen LogP contribution >= 0.6 is 0 Å². The topological polar surface area (TPSA) is 142 Å². The second-order valence-corrected chi connectivity index (χ2v) is 16.6. The van der Waals surface area contributed by atoms with Gasteiger partial charge in [-0.1, -0.05) is 99.6 Å². The molecule has 8 unspecified atom stereocenters. The summed E-state index contributed by atoms with van der Waals surface area (Å²) in [4.78, 5) is 11.3. The number of phenolic OH excluding ortho intramolecular Hbond substituents is 2. The van der Waals surface area contributed by atoms with Gasteiger partial charge in [-0.3, -0.25) is 0 Å². The Morgan fingerprint density at radius 2 is 1.05 bits per heavy atom. The van der Waals surface area contributed by atoms with Crippen LogP contribution in [0.2, 0.25) is 0 Å². The summed E-state index contributed by atoms with van der Waals surface area (Å²) in [6.45, 7) is 12.8. The molecule has 0 aliphatic rings. The predicted molar refractivity (Wildman–Crippen MR) is 252 cm³/mol. The third-order valence-electron chi connectivity index (χ3n) is 12.0. The Morgan fingerprint density at radius 3 is 1.50 bits per heavy atom. The first-order chi connectivity index (χ1) is 30.9. The number of methoxy groups -OCH3 is 1. The highest BCUT2D eigenvalue weighted by molar-refractivity contribution is 5.70. The first-order valence-electron chi connectivity index (χ1n) is 22.5. The van der Waals surface area contributed by atoms with Gasteiger partial charge in [0.05, 0.1) is 31.1 Å².